The number of quaternary nitrogens is 1. The van der Waals surface area contributed by atoms with Gasteiger partial charge in [0.2, 0.25) is 5.84 Å². The van der Waals surface area contributed by atoms with E-state index in [0.717, 1.165) is 6.42 Å². The van der Waals surface area contributed by atoms with Gasteiger partial charge in [0.15, 0.2) is 5.25 Å². The van der Waals surface area contributed by atoms with Crippen LogP contribution in [0.5, 0.6) is 0 Å². The van der Waals surface area contributed by atoms with Crippen LogP contribution in [-0.2, 0) is 10.2 Å². The van der Waals surface area contributed by atoms with E-state index in [-0.39, 0.29) is 16.7 Å². The monoisotopic (exact) mass is 223 g/mol. The largest absolute Gasteiger partial charge is 0.316 e. The van der Waals surface area contributed by atoms with Crippen molar-refractivity contribution in [2.45, 2.75) is 25.0 Å². The summed E-state index contributed by atoms with van der Waals surface area (Å²) >= 11 is 0. The van der Waals surface area contributed by atoms with Crippen molar-refractivity contribution in [3.05, 3.63) is 0 Å². The fraction of sp³-hybridized carbons (Fsp3) is 0.875. The van der Waals surface area contributed by atoms with E-state index in [4.69, 9.17) is 5.41 Å². The predicted molar refractivity (Wildman–Crippen MR) is 52.4 cm³/mol. The van der Waals surface area contributed by atoms with Gasteiger partial charge in [-0.25, -0.2) is 0 Å². The summed E-state index contributed by atoms with van der Waals surface area (Å²) in [6.45, 7) is 3.21. The lowest BCUT2D eigenvalue weighted by atomic mass is 10.3. The Bertz CT molecular complexity index is 341. The van der Waals surface area contributed by atoms with Gasteiger partial charge in [-0.15, -0.1) is 3.89 Å². The molecule has 0 saturated carbocycles. The molecule has 0 aromatic heterocycles. The normalized spacial score (nSPS) is 33.6. The Labute approximate surface area is 84.0 Å². The molecule has 1 heterocycles. The quantitative estimate of drug-likeness (QED) is 0.570. The Balaban J connectivity index is 2.89. The number of nitrogens with zero attached hydrogens (tertiary/aromatic N) is 1. The second-order valence-corrected chi connectivity index (χ2v) is 5.50. The van der Waals surface area contributed by atoms with Crippen molar-refractivity contribution in [2.24, 2.45) is 0 Å². The molecular formula is C8H16FN2O2S+. The molecule has 1 aliphatic heterocycles. The highest BCUT2D eigenvalue weighted by Crippen LogP contribution is 2.25. The molecule has 0 aromatic carbocycles. The molecule has 1 rings (SSSR count). The average molecular weight is 223 g/mol. The van der Waals surface area contributed by atoms with Gasteiger partial charge in [-0.3, -0.25) is 9.89 Å². The molecule has 6 heteroatoms. The number of nitrogens with one attached hydrogen (secondary N) is 1. The molecular weight excluding hydrogens is 207 g/mol. The summed E-state index contributed by atoms with van der Waals surface area (Å²) < 4.78 is 34.5. The first-order chi connectivity index (χ1) is 6.31. The maximum atomic E-state index is 12.7. The topological polar surface area (TPSA) is 58.0 Å². The van der Waals surface area contributed by atoms with Crippen molar-refractivity contribution in [2.75, 3.05) is 20.1 Å². The molecule has 14 heavy (non-hydrogen) atoms. The van der Waals surface area contributed by atoms with Crippen molar-refractivity contribution in [1.82, 2.24) is 0 Å². The maximum Gasteiger partial charge on any atom is 0.316 e. The smallest absolute Gasteiger partial charge is 0.280 e. The molecule has 0 aromatic rings. The van der Waals surface area contributed by atoms with E-state index >= 15 is 0 Å². The standard InChI is InChI=1S/C8H16FN2O2S/c1-3-5-11(2)6-4-7(8(11)10)14(9,12)13/h7,10H,3-6H2,1-2H3/q+1. The molecule has 0 bridgehead atoms. The fourth-order valence-corrected chi connectivity index (χ4v) is 2.91. The number of hydrogen-bond donors (Lipinski definition) is 1. The van der Waals surface area contributed by atoms with Crippen molar-refractivity contribution in [3.63, 3.8) is 0 Å². The Morgan fingerprint density at radius 2 is 2.21 bits per heavy atom. The third kappa shape index (κ3) is 1.95. The van der Waals surface area contributed by atoms with Crippen LogP contribution in [0.15, 0.2) is 0 Å². The van der Waals surface area contributed by atoms with Crippen LogP contribution in [0.3, 0.4) is 0 Å². The Morgan fingerprint density at radius 1 is 1.64 bits per heavy atom. The van der Waals surface area contributed by atoms with E-state index in [0.29, 0.717) is 13.1 Å². The summed E-state index contributed by atoms with van der Waals surface area (Å²) in [5, 5.41) is 6.46. The van der Waals surface area contributed by atoms with Gasteiger partial charge in [-0.2, -0.15) is 8.42 Å². The van der Waals surface area contributed by atoms with Crippen LogP contribution in [0.25, 0.3) is 0 Å². The lowest BCUT2D eigenvalue weighted by Gasteiger charge is -2.28. The second-order valence-electron chi connectivity index (χ2n) is 3.98. The Morgan fingerprint density at radius 3 is 2.57 bits per heavy atom. The minimum atomic E-state index is -4.58. The summed E-state index contributed by atoms with van der Waals surface area (Å²) in [5.41, 5.74) is 0. The van der Waals surface area contributed by atoms with Crippen molar-refractivity contribution >= 4 is 16.1 Å². The van der Waals surface area contributed by atoms with E-state index in [2.05, 4.69) is 0 Å². The van der Waals surface area contributed by atoms with Crippen LogP contribution in [0, 0.1) is 5.41 Å². The molecule has 82 valence electrons. The Kier molecular flexibility index (Phi) is 2.96. The van der Waals surface area contributed by atoms with Crippen molar-refractivity contribution in [3.8, 4) is 0 Å². The van der Waals surface area contributed by atoms with E-state index < -0.39 is 15.5 Å². The fourth-order valence-electron chi connectivity index (χ4n) is 2.01. The molecule has 1 fully saturated rings. The zero-order valence-electron chi connectivity index (χ0n) is 8.46. The third-order valence-corrected chi connectivity index (χ3v) is 3.97. The molecule has 2 atom stereocenters. The van der Waals surface area contributed by atoms with Crippen LogP contribution >= 0.6 is 0 Å². The predicted octanol–water partition coefficient (Wildman–Crippen LogP) is 0.892. The number of amidine groups is 1. The second kappa shape index (κ2) is 3.58. The summed E-state index contributed by atoms with van der Waals surface area (Å²) in [4.78, 5) is 0. The van der Waals surface area contributed by atoms with E-state index in [9.17, 15) is 12.3 Å². The van der Waals surface area contributed by atoms with Crippen LogP contribution in [-0.4, -0.2) is 44.1 Å². The molecule has 2 unspecified atom stereocenters. The SMILES string of the molecule is CCC[N+]1(C)CCC(S(=O)(=O)F)C1=N. The maximum absolute atomic E-state index is 12.7. The lowest BCUT2D eigenvalue weighted by Crippen LogP contribution is -2.48. The summed E-state index contributed by atoms with van der Waals surface area (Å²) in [6.07, 6.45) is 1.09. The first kappa shape index (κ1) is 11.6. The molecule has 1 saturated heterocycles. The van der Waals surface area contributed by atoms with Crippen LogP contribution in [0.2, 0.25) is 0 Å². The van der Waals surface area contributed by atoms with Crippen molar-refractivity contribution in [1.29, 1.82) is 5.41 Å². The van der Waals surface area contributed by atoms with Gasteiger partial charge in [0.25, 0.3) is 0 Å². The van der Waals surface area contributed by atoms with Gasteiger partial charge in [-0.05, 0) is 6.42 Å². The van der Waals surface area contributed by atoms with Gasteiger partial charge >= 0.3 is 10.2 Å². The molecule has 0 radical (unpaired) electrons. The van der Waals surface area contributed by atoms with E-state index in [1.54, 1.807) is 7.05 Å². The first-order valence-electron chi connectivity index (χ1n) is 4.68. The Hall–Kier alpha value is -0.490. The number of halogens is 1. The lowest BCUT2D eigenvalue weighted by molar-refractivity contribution is -0.814. The molecule has 0 spiro atoms. The zero-order valence-corrected chi connectivity index (χ0v) is 9.27. The highest BCUT2D eigenvalue weighted by atomic mass is 32.3. The average Bonchev–Trinajstić information content (AvgIpc) is 2.28. The number of rotatable bonds is 3. The number of hydrogen-bond acceptors (Lipinski definition) is 3. The minimum Gasteiger partial charge on any atom is -0.280 e. The van der Waals surface area contributed by atoms with E-state index in [1.165, 1.54) is 0 Å². The first-order valence-corrected chi connectivity index (χ1v) is 6.13. The van der Waals surface area contributed by atoms with Crippen LogP contribution < -0.4 is 0 Å². The molecule has 0 amide bonds. The van der Waals surface area contributed by atoms with Gasteiger partial charge in [0.1, 0.15) is 0 Å². The molecule has 0 aliphatic carbocycles. The molecule has 1 N–H and O–H groups in total. The van der Waals surface area contributed by atoms with Gasteiger partial charge in [-0.1, -0.05) is 6.92 Å². The molecule has 4 nitrogen and oxygen atoms in total. The third-order valence-electron chi connectivity index (χ3n) is 2.83. The highest BCUT2D eigenvalue weighted by Gasteiger charge is 2.48. The molecule has 1 aliphatic rings. The van der Waals surface area contributed by atoms with Gasteiger partial charge in [0, 0.05) is 6.42 Å². The summed E-state index contributed by atoms with van der Waals surface area (Å²) in [7, 11) is -2.79. The van der Waals surface area contributed by atoms with Gasteiger partial charge < -0.3 is 0 Å². The summed E-state index contributed by atoms with van der Waals surface area (Å²) in [5.74, 6) is -0.00523. The minimum absolute atomic E-state index is 0.00523. The number of likely N-dealkylation sites (tertiary alicyclic amines) is 1. The van der Waals surface area contributed by atoms with E-state index in [1.807, 2.05) is 6.92 Å². The zero-order chi connectivity index (χ0) is 11.0. The van der Waals surface area contributed by atoms with Crippen LogP contribution in [0.1, 0.15) is 19.8 Å². The van der Waals surface area contributed by atoms with Crippen molar-refractivity contribution < 1.29 is 16.8 Å². The van der Waals surface area contributed by atoms with Crippen LogP contribution in [0.4, 0.5) is 3.89 Å². The summed E-state index contributed by atoms with van der Waals surface area (Å²) in [6, 6.07) is 0. The highest BCUT2D eigenvalue weighted by molar-refractivity contribution is 7.87. The van der Waals surface area contributed by atoms with Gasteiger partial charge in [0.05, 0.1) is 20.1 Å².